The van der Waals surface area contributed by atoms with Crippen LogP contribution in [0.5, 0.6) is 11.5 Å². The summed E-state index contributed by atoms with van der Waals surface area (Å²) in [6, 6.07) is 13.9. The number of nitrogens with zero attached hydrogens (tertiary/aromatic N) is 1. The molecule has 8 heteroatoms. The number of nitrogens with one attached hydrogen (secondary N) is 1. The van der Waals surface area contributed by atoms with Gasteiger partial charge in [0, 0.05) is 21.7 Å². The quantitative estimate of drug-likeness (QED) is 0.461. The second kappa shape index (κ2) is 9.30. The van der Waals surface area contributed by atoms with Crippen LogP contribution >= 0.6 is 23.1 Å². The molecule has 2 heterocycles. The van der Waals surface area contributed by atoms with E-state index in [1.54, 1.807) is 18.8 Å². The molecule has 2 bridgehead atoms. The molecular formula is C28H30N2O4S2. The molecule has 0 spiro atoms. The second-order valence-electron chi connectivity index (χ2n) is 10.1. The summed E-state index contributed by atoms with van der Waals surface area (Å²) in [5.74, 6) is 3.20. The first-order valence-electron chi connectivity index (χ1n) is 12.5. The standard InChI is InChI=1S/C28H30N2O4S2/c1-15-4-9-19(10-5-15)29-22(31)14-30-27-26(36-28(30)32)24(17-8-11-20(33-2)21(13-17)34-3)23-16-6-7-18(12-16)25(23)35-27/h4-5,8-11,13,16,18,23-25H,6-7,12,14H2,1-3H3,(H,29,31)/t16?,18?,23?,24-,25?/m1/s1. The van der Waals surface area contributed by atoms with E-state index in [2.05, 4.69) is 17.4 Å². The van der Waals surface area contributed by atoms with Gasteiger partial charge < -0.3 is 14.8 Å². The van der Waals surface area contributed by atoms with Crippen LogP contribution in [0.2, 0.25) is 0 Å². The molecule has 0 saturated heterocycles. The second-order valence-corrected chi connectivity index (χ2v) is 12.3. The van der Waals surface area contributed by atoms with Crippen molar-refractivity contribution >= 4 is 34.7 Å². The van der Waals surface area contributed by atoms with Crippen LogP contribution in [0.15, 0.2) is 52.3 Å². The molecule has 188 valence electrons. The highest BCUT2D eigenvalue weighted by Crippen LogP contribution is 2.64. The molecule has 1 amide bonds. The summed E-state index contributed by atoms with van der Waals surface area (Å²) in [6.45, 7) is 2.04. The lowest BCUT2D eigenvalue weighted by atomic mass is 9.75. The van der Waals surface area contributed by atoms with Gasteiger partial charge in [-0.25, -0.2) is 0 Å². The molecule has 36 heavy (non-hydrogen) atoms. The maximum absolute atomic E-state index is 13.3. The number of thiazole rings is 1. The summed E-state index contributed by atoms with van der Waals surface area (Å²) in [5, 5.41) is 4.39. The van der Waals surface area contributed by atoms with E-state index in [0.29, 0.717) is 34.5 Å². The van der Waals surface area contributed by atoms with Crippen molar-refractivity contribution in [2.45, 2.75) is 48.9 Å². The molecule has 0 radical (unpaired) electrons. The van der Waals surface area contributed by atoms with Crippen molar-refractivity contribution in [3.05, 3.63) is 68.1 Å². The van der Waals surface area contributed by atoms with Crippen LogP contribution in [0.25, 0.3) is 0 Å². The summed E-state index contributed by atoms with van der Waals surface area (Å²) in [6.07, 6.45) is 3.79. The van der Waals surface area contributed by atoms with Gasteiger partial charge in [0.25, 0.3) is 0 Å². The topological polar surface area (TPSA) is 69.6 Å². The number of aryl methyl sites for hydroxylation is 1. The van der Waals surface area contributed by atoms with Crippen molar-refractivity contribution in [3.63, 3.8) is 0 Å². The van der Waals surface area contributed by atoms with Gasteiger partial charge >= 0.3 is 4.87 Å². The van der Waals surface area contributed by atoms with Crippen LogP contribution in [0, 0.1) is 24.7 Å². The monoisotopic (exact) mass is 522 g/mol. The van der Waals surface area contributed by atoms with Gasteiger partial charge in [0.05, 0.1) is 19.2 Å². The van der Waals surface area contributed by atoms with Crippen molar-refractivity contribution in [2.75, 3.05) is 19.5 Å². The number of thioether (sulfide) groups is 1. The fourth-order valence-electron chi connectivity index (χ4n) is 6.49. The Hall–Kier alpha value is -2.71. The Morgan fingerprint density at radius 3 is 2.56 bits per heavy atom. The Balaban J connectivity index is 1.38. The lowest BCUT2D eigenvalue weighted by Crippen LogP contribution is -2.34. The van der Waals surface area contributed by atoms with E-state index in [4.69, 9.17) is 9.47 Å². The number of fused-ring (bicyclic) bond motifs is 6. The zero-order chi connectivity index (χ0) is 25.0. The molecule has 4 unspecified atom stereocenters. The Morgan fingerprint density at radius 2 is 1.81 bits per heavy atom. The number of amides is 1. The van der Waals surface area contributed by atoms with E-state index in [0.717, 1.165) is 26.7 Å². The van der Waals surface area contributed by atoms with E-state index in [9.17, 15) is 9.59 Å². The highest BCUT2D eigenvalue weighted by Gasteiger charge is 2.55. The molecule has 1 aliphatic heterocycles. The number of carbonyl (C=O) groups is 1. The van der Waals surface area contributed by atoms with Gasteiger partial charge in [-0.15, -0.1) is 11.8 Å². The van der Waals surface area contributed by atoms with Gasteiger partial charge in [0.1, 0.15) is 6.54 Å². The minimum Gasteiger partial charge on any atom is -0.493 e. The first kappa shape index (κ1) is 23.7. The van der Waals surface area contributed by atoms with Crippen molar-refractivity contribution < 1.29 is 14.3 Å². The van der Waals surface area contributed by atoms with Crippen LogP contribution < -0.4 is 19.7 Å². The molecule has 6 rings (SSSR count). The summed E-state index contributed by atoms with van der Waals surface area (Å²) in [4.78, 5) is 27.3. The van der Waals surface area contributed by atoms with Gasteiger partial charge in [0.15, 0.2) is 11.5 Å². The number of hydrogen-bond donors (Lipinski definition) is 1. The third kappa shape index (κ3) is 3.95. The van der Waals surface area contributed by atoms with Crippen molar-refractivity contribution in [1.82, 2.24) is 4.57 Å². The normalized spacial score (nSPS) is 25.8. The number of ether oxygens (including phenoxy) is 2. The number of carbonyl (C=O) groups excluding carboxylic acids is 1. The minimum absolute atomic E-state index is 0.0235. The zero-order valence-corrected chi connectivity index (χ0v) is 22.3. The summed E-state index contributed by atoms with van der Waals surface area (Å²) in [7, 11) is 3.30. The van der Waals surface area contributed by atoms with E-state index in [1.165, 1.54) is 30.6 Å². The minimum atomic E-state index is -0.181. The lowest BCUT2D eigenvalue weighted by Gasteiger charge is -2.40. The molecular weight excluding hydrogens is 492 g/mol. The van der Waals surface area contributed by atoms with E-state index in [-0.39, 0.29) is 23.2 Å². The van der Waals surface area contributed by atoms with Crippen LogP contribution in [-0.4, -0.2) is 29.9 Å². The summed E-state index contributed by atoms with van der Waals surface area (Å²) < 4.78 is 12.8. The first-order valence-corrected chi connectivity index (χ1v) is 14.1. The van der Waals surface area contributed by atoms with E-state index < -0.39 is 0 Å². The highest BCUT2D eigenvalue weighted by molar-refractivity contribution is 8.00. The van der Waals surface area contributed by atoms with Gasteiger partial charge in [-0.2, -0.15) is 0 Å². The molecule has 2 saturated carbocycles. The number of methoxy groups -OCH3 is 2. The number of anilines is 1. The molecule has 2 aliphatic carbocycles. The van der Waals surface area contributed by atoms with Crippen LogP contribution in [0.1, 0.15) is 41.2 Å². The van der Waals surface area contributed by atoms with Crippen molar-refractivity contribution in [2.24, 2.45) is 17.8 Å². The zero-order valence-electron chi connectivity index (χ0n) is 20.7. The van der Waals surface area contributed by atoms with Gasteiger partial charge in [-0.05, 0) is 73.8 Å². The Labute approximate surface area is 219 Å². The number of rotatable bonds is 6. The number of benzene rings is 2. The Morgan fingerprint density at radius 1 is 1.06 bits per heavy atom. The highest BCUT2D eigenvalue weighted by atomic mass is 32.2. The summed E-state index contributed by atoms with van der Waals surface area (Å²) in [5.41, 5.74) is 3.04. The average molecular weight is 523 g/mol. The van der Waals surface area contributed by atoms with Crippen molar-refractivity contribution in [3.8, 4) is 11.5 Å². The third-order valence-corrected chi connectivity index (χ3v) is 10.9. The van der Waals surface area contributed by atoms with Gasteiger partial charge in [0.2, 0.25) is 5.91 Å². The van der Waals surface area contributed by atoms with E-state index >= 15 is 0 Å². The van der Waals surface area contributed by atoms with E-state index in [1.807, 2.05) is 49.0 Å². The fraction of sp³-hybridized carbons (Fsp3) is 0.429. The van der Waals surface area contributed by atoms with Gasteiger partial charge in [-0.1, -0.05) is 35.1 Å². The third-order valence-electron chi connectivity index (χ3n) is 8.09. The van der Waals surface area contributed by atoms with Gasteiger partial charge in [-0.3, -0.25) is 14.2 Å². The SMILES string of the molecule is COc1ccc([C@H]2c3sc(=O)n(CC(=O)Nc4ccc(C)cc4)c3SC3C4CCC(C4)C32)cc1OC. The number of aromatic nitrogens is 1. The smallest absolute Gasteiger partial charge is 0.308 e. The number of hydrogen-bond acceptors (Lipinski definition) is 6. The Kier molecular flexibility index (Phi) is 6.12. The van der Waals surface area contributed by atoms with Crippen LogP contribution in [0.3, 0.4) is 0 Å². The maximum Gasteiger partial charge on any atom is 0.308 e. The largest absolute Gasteiger partial charge is 0.493 e. The first-order chi connectivity index (χ1) is 17.5. The molecule has 1 aromatic heterocycles. The summed E-state index contributed by atoms with van der Waals surface area (Å²) >= 11 is 3.15. The average Bonchev–Trinajstić information content (AvgIpc) is 3.58. The fourth-order valence-corrected chi connectivity index (χ4v) is 9.64. The van der Waals surface area contributed by atoms with Crippen LogP contribution in [0.4, 0.5) is 5.69 Å². The molecule has 3 aliphatic rings. The lowest BCUT2D eigenvalue weighted by molar-refractivity contribution is -0.116. The molecule has 2 aromatic carbocycles. The predicted molar refractivity (Wildman–Crippen MR) is 144 cm³/mol. The molecule has 3 aromatic rings. The maximum atomic E-state index is 13.3. The Bertz CT molecular complexity index is 1360. The molecule has 6 nitrogen and oxygen atoms in total. The predicted octanol–water partition coefficient (Wildman–Crippen LogP) is 5.53. The van der Waals surface area contributed by atoms with Crippen LogP contribution in [-0.2, 0) is 11.3 Å². The molecule has 2 fully saturated rings. The van der Waals surface area contributed by atoms with Crippen molar-refractivity contribution in [1.29, 1.82) is 0 Å². The molecule has 5 atom stereocenters. The molecule has 1 N–H and O–H groups in total.